The number of Topliss-reactive ketones (excluding diaryl/α,β-unsaturated/α-hetero) is 1. The van der Waals surface area contributed by atoms with E-state index in [1.807, 2.05) is 18.2 Å². The lowest BCUT2D eigenvalue weighted by Gasteiger charge is -2.04. The number of carbonyl (C=O) groups excluding carboxylic acids is 1. The molecule has 0 bridgehead atoms. The third-order valence-corrected chi connectivity index (χ3v) is 2.96. The van der Waals surface area contributed by atoms with Gasteiger partial charge in [0.1, 0.15) is 5.82 Å². The van der Waals surface area contributed by atoms with Crippen molar-refractivity contribution in [3.8, 4) is 0 Å². The first kappa shape index (κ1) is 13.3. The largest absolute Gasteiger partial charge is 0.399 e. The van der Waals surface area contributed by atoms with Crippen molar-refractivity contribution < 1.29 is 9.18 Å². The number of hydrogen-bond acceptors (Lipinski definition) is 2. The molecule has 0 fully saturated rings. The first-order valence-corrected chi connectivity index (χ1v) is 6.19. The Morgan fingerprint density at radius 2 is 2.00 bits per heavy atom. The Balaban J connectivity index is 2.05. The number of nitrogen functional groups attached to an aromatic ring is 1. The van der Waals surface area contributed by atoms with E-state index >= 15 is 0 Å². The zero-order valence-corrected chi connectivity index (χ0v) is 10.8. The summed E-state index contributed by atoms with van der Waals surface area (Å²) in [7, 11) is 0. The van der Waals surface area contributed by atoms with Crippen LogP contribution in [0, 0.1) is 12.7 Å². The van der Waals surface area contributed by atoms with Crippen LogP contribution in [0.3, 0.4) is 0 Å². The molecule has 0 aliphatic heterocycles. The molecule has 3 heteroatoms. The lowest BCUT2D eigenvalue weighted by molar-refractivity contribution is 0.0982. The average molecular weight is 257 g/mol. The van der Waals surface area contributed by atoms with Crippen LogP contribution < -0.4 is 5.73 Å². The van der Waals surface area contributed by atoms with Gasteiger partial charge in [0, 0.05) is 17.7 Å². The van der Waals surface area contributed by atoms with Crippen molar-refractivity contribution >= 4 is 11.5 Å². The molecule has 0 saturated heterocycles. The molecular formula is C16H16FNO. The molecule has 0 aliphatic rings. The molecule has 0 radical (unpaired) electrons. The van der Waals surface area contributed by atoms with Crippen molar-refractivity contribution in [2.45, 2.75) is 19.8 Å². The van der Waals surface area contributed by atoms with Crippen LogP contribution >= 0.6 is 0 Å². The van der Waals surface area contributed by atoms with Crippen LogP contribution in [0.4, 0.5) is 10.1 Å². The summed E-state index contributed by atoms with van der Waals surface area (Å²) in [6.45, 7) is 1.78. The molecule has 2 aromatic carbocycles. The number of benzene rings is 2. The standard InChI is InChI=1S/C16H16FNO/c1-11-7-13(10-14(17)8-11)16(19)6-5-12-3-2-4-15(18)9-12/h2-4,7-10H,5-6,18H2,1H3. The summed E-state index contributed by atoms with van der Waals surface area (Å²) < 4.78 is 13.2. The first-order valence-electron chi connectivity index (χ1n) is 6.19. The molecular weight excluding hydrogens is 241 g/mol. The summed E-state index contributed by atoms with van der Waals surface area (Å²) in [5, 5.41) is 0. The summed E-state index contributed by atoms with van der Waals surface area (Å²) in [5.74, 6) is -0.419. The van der Waals surface area contributed by atoms with Gasteiger partial charge < -0.3 is 5.73 Å². The summed E-state index contributed by atoms with van der Waals surface area (Å²) in [4.78, 5) is 12.0. The second-order valence-corrected chi connectivity index (χ2v) is 4.69. The number of ketones is 1. The van der Waals surface area contributed by atoms with E-state index in [-0.39, 0.29) is 11.6 Å². The van der Waals surface area contributed by atoms with Gasteiger partial charge in [0.2, 0.25) is 0 Å². The lowest BCUT2D eigenvalue weighted by Crippen LogP contribution is -2.02. The van der Waals surface area contributed by atoms with Crippen molar-refractivity contribution in [2.75, 3.05) is 5.73 Å². The Labute approximate surface area is 112 Å². The predicted octanol–water partition coefficient (Wildman–Crippen LogP) is 3.53. The molecule has 0 atom stereocenters. The van der Waals surface area contributed by atoms with Gasteiger partial charge in [0.15, 0.2) is 5.78 Å². The molecule has 0 heterocycles. The lowest BCUT2D eigenvalue weighted by atomic mass is 10.0. The monoisotopic (exact) mass is 257 g/mol. The van der Waals surface area contributed by atoms with E-state index in [0.717, 1.165) is 11.1 Å². The maximum absolute atomic E-state index is 13.2. The minimum atomic E-state index is -0.368. The number of nitrogens with two attached hydrogens (primary N) is 1. The van der Waals surface area contributed by atoms with E-state index < -0.39 is 0 Å². The number of halogens is 1. The number of rotatable bonds is 4. The fourth-order valence-electron chi connectivity index (χ4n) is 2.05. The maximum Gasteiger partial charge on any atom is 0.163 e. The topological polar surface area (TPSA) is 43.1 Å². The fraction of sp³-hybridized carbons (Fsp3) is 0.188. The summed E-state index contributed by atoms with van der Waals surface area (Å²) in [6.07, 6.45) is 0.964. The molecule has 19 heavy (non-hydrogen) atoms. The van der Waals surface area contributed by atoms with Crippen LogP contribution in [0.2, 0.25) is 0 Å². The van der Waals surface area contributed by atoms with Crippen LogP contribution in [0.5, 0.6) is 0 Å². The molecule has 2 nitrogen and oxygen atoms in total. The Morgan fingerprint density at radius 1 is 1.21 bits per heavy atom. The second-order valence-electron chi connectivity index (χ2n) is 4.69. The molecule has 0 amide bonds. The van der Waals surface area contributed by atoms with Crippen molar-refractivity contribution in [3.05, 3.63) is 65.0 Å². The van der Waals surface area contributed by atoms with Gasteiger partial charge in [-0.05, 0) is 54.8 Å². The molecule has 98 valence electrons. The van der Waals surface area contributed by atoms with Crippen molar-refractivity contribution in [1.82, 2.24) is 0 Å². The van der Waals surface area contributed by atoms with E-state index in [4.69, 9.17) is 5.73 Å². The summed E-state index contributed by atoms with van der Waals surface area (Å²) in [5.41, 5.74) is 8.57. The van der Waals surface area contributed by atoms with Gasteiger partial charge in [-0.3, -0.25) is 4.79 Å². The molecule has 0 spiro atoms. The number of carbonyl (C=O) groups is 1. The molecule has 0 aromatic heterocycles. The summed E-state index contributed by atoms with van der Waals surface area (Å²) in [6, 6.07) is 11.9. The van der Waals surface area contributed by atoms with E-state index in [0.29, 0.717) is 24.1 Å². The Kier molecular flexibility index (Phi) is 3.95. The molecule has 0 aliphatic carbocycles. The zero-order chi connectivity index (χ0) is 13.8. The van der Waals surface area contributed by atoms with Crippen molar-refractivity contribution in [2.24, 2.45) is 0 Å². The minimum absolute atomic E-state index is 0.0509. The first-order chi connectivity index (χ1) is 9.04. The molecule has 2 N–H and O–H groups in total. The third-order valence-electron chi connectivity index (χ3n) is 2.96. The van der Waals surface area contributed by atoms with Gasteiger partial charge in [-0.1, -0.05) is 12.1 Å². The highest BCUT2D eigenvalue weighted by atomic mass is 19.1. The van der Waals surface area contributed by atoms with Crippen LogP contribution in [-0.4, -0.2) is 5.78 Å². The van der Waals surface area contributed by atoms with Crippen molar-refractivity contribution in [3.63, 3.8) is 0 Å². The molecule has 0 saturated carbocycles. The van der Waals surface area contributed by atoms with Gasteiger partial charge >= 0.3 is 0 Å². The smallest absolute Gasteiger partial charge is 0.163 e. The van der Waals surface area contributed by atoms with Crippen LogP contribution in [0.25, 0.3) is 0 Å². The quantitative estimate of drug-likeness (QED) is 0.672. The van der Waals surface area contributed by atoms with Crippen molar-refractivity contribution in [1.29, 1.82) is 0 Å². The summed E-state index contributed by atoms with van der Waals surface area (Å²) >= 11 is 0. The second kappa shape index (κ2) is 5.65. The highest BCUT2D eigenvalue weighted by Crippen LogP contribution is 2.14. The van der Waals surface area contributed by atoms with Gasteiger partial charge in [-0.15, -0.1) is 0 Å². The van der Waals surface area contributed by atoms with Crippen LogP contribution in [-0.2, 0) is 6.42 Å². The van der Waals surface area contributed by atoms with Gasteiger partial charge in [0.25, 0.3) is 0 Å². The minimum Gasteiger partial charge on any atom is -0.399 e. The van der Waals surface area contributed by atoms with Crippen LogP contribution in [0.1, 0.15) is 27.9 Å². The molecule has 0 unspecified atom stereocenters. The molecule has 2 aromatic rings. The Morgan fingerprint density at radius 3 is 2.68 bits per heavy atom. The van der Waals surface area contributed by atoms with E-state index in [1.165, 1.54) is 12.1 Å². The predicted molar refractivity (Wildman–Crippen MR) is 74.6 cm³/mol. The maximum atomic E-state index is 13.2. The normalized spacial score (nSPS) is 10.4. The van der Waals surface area contributed by atoms with Gasteiger partial charge in [-0.25, -0.2) is 4.39 Å². The average Bonchev–Trinajstić information content (AvgIpc) is 2.35. The Bertz CT molecular complexity index is 587. The Hall–Kier alpha value is -2.16. The highest BCUT2D eigenvalue weighted by Gasteiger charge is 2.08. The van der Waals surface area contributed by atoms with Gasteiger partial charge in [0.05, 0.1) is 0 Å². The van der Waals surface area contributed by atoms with E-state index in [9.17, 15) is 9.18 Å². The number of aryl methyl sites for hydroxylation is 2. The number of anilines is 1. The number of hydrogen-bond donors (Lipinski definition) is 1. The van der Waals surface area contributed by atoms with E-state index in [2.05, 4.69) is 0 Å². The molecule has 2 rings (SSSR count). The fourth-order valence-corrected chi connectivity index (χ4v) is 2.05. The van der Waals surface area contributed by atoms with E-state index in [1.54, 1.807) is 19.1 Å². The SMILES string of the molecule is Cc1cc(F)cc(C(=O)CCc2cccc(N)c2)c1. The van der Waals surface area contributed by atoms with Crippen LogP contribution in [0.15, 0.2) is 42.5 Å². The van der Waals surface area contributed by atoms with Gasteiger partial charge in [-0.2, -0.15) is 0 Å². The highest BCUT2D eigenvalue weighted by molar-refractivity contribution is 5.96. The third kappa shape index (κ3) is 3.65. The zero-order valence-electron chi connectivity index (χ0n) is 10.8.